The van der Waals surface area contributed by atoms with Crippen LogP contribution in [0.1, 0.15) is 53.0 Å². The molecule has 1 amide bonds. The number of hydrogen-bond donors (Lipinski definition) is 2. The van der Waals surface area contributed by atoms with Crippen molar-refractivity contribution in [1.29, 1.82) is 0 Å². The van der Waals surface area contributed by atoms with Crippen molar-refractivity contribution in [3.05, 3.63) is 58.1 Å². The van der Waals surface area contributed by atoms with Gasteiger partial charge in [-0.1, -0.05) is 70.0 Å². The summed E-state index contributed by atoms with van der Waals surface area (Å²) >= 11 is 12.2. The van der Waals surface area contributed by atoms with E-state index in [4.69, 9.17) is 27.9 Å². The highest BCUT2D eigenvalue weighted by molar-refractivity contribution is 6.31. The lowest BCUT2D eigenvalue weighted by Crippen LogP contribution is -2.58. The molecule has 0 radical (unpaired) electrons. The van der Waals surface area contributed by atoms with E-state index in [1.54, 1.807) is 18.2 Å². The molecule has 0 saturated carbocycles. The summed E-state index contributed by atoms with van der Waals surface area (Å²) in [5.74, 6) is 0.523. The van der Waals surface area contributed by atoms with Crippen molar-refractivity contribution >= 4 is 34.8 Å². The van der Waals surface area contributed by atoms with Crippen LogP contribution in [0.3, 0.4) is 0 Å². The van der Waals surface area contributed by atoms with E-state index >= 15 is 0 Å². The number of nitrogens with zero attached hydrogens (tertiary/aromatic N) is 1. The first-order valence-corrected chi connectivity index (χ1v) is 13.0. The van der Waals surface area contributed by atoms with Crippen LogP contribution in [0.4, 0.5) is 5.69 Å². The van der Waals surface area contributed by atoms with E-state index in [9.17, 15) is 9.90 Å². The maximum absolute atomic E-state index is 12.4. The molecule has 1 atom stereocenters. The first kappa shape index (κ1) is 27.8. The average Bonchev–Trinajstić information content (AvgIpc) is 2.76. The molecule has 1 unspecified atom stereocenters. The van der Waals surface area contributed by atoms with Crippen molar-refractivity contribution in [1.82, 2.24) is 4.90 Å². The van der Waals surface area contributed by atoms with Crippen LogP contribution >= 0.6 is 23.2 Å². The Morgan fingerprint density at radius 3 is 2.40 bits per heavy atom. The second-order valence-corrected chi connectivity index (χ2v) is 12.2. The number of benzene rings is 2. The fraction of sp³-hybridized carbons (Fsp3) is 0.536. The highest BCUT2D eigenvalue weighted by Crippen LogP contribution is 2.41. The van der Waals surface area contributed by atoms with Crippen molar-refractivity contribution in [2.24, 2.45) is 10.8 Å². The zero-order chi connectivity index (χ0) is 25.9. The van der Waals surface area contributed by atoms with Crippen LogP contribution in [0.2, 0.25) is 10.0 Å². The SMILES string of the molecule is CC(C)(C)C(=O)Nc1cc(Cl)ccc1OCCCN1CCC(O)(Cc2ccc(Cl)cc2)C(C)(C)C1. The van der Waals surface area contributed by atoms with Gasteiger partial charge in [-0.25, -0.2) is 0 Å². The standard InChI is InChI=1S/C28H38Cl2N2O3/c1-26(2,3)25(33)31-23-17-22(30)11-12-24(23)35-16-6-14-32-15-13-28(34,27(4,5)19-32)18-20-7-9-21(29)10-8-20/h7-12,17,34H,6,13-16,18-19H2,1-5H3,(H,31,33). The number of amides is 1. The highest BCUT2D eigenvalue weighted by atomic mass is 35.5. The lowest BCUT2D eigenvalue weighted by atomic mass is 9.67. The number of hydrogen-bond acceptors (Lipinski definition) is 4. The molecule has 1 aliphatic heterocycles. The van der Waals surface area contributed by atoms with E-state index in [1.807, 2.05) is 45.0 Å². The summed E-state index contributed by atoms with van der Waals surface area (Å²) in [6.07, 6.45) is 2.17. The summed E-state index contributed by atoms with van der Waals surface area (Å²) < 4.78 is 6.02. The molecule has 0 aliphatic carbocycles. The van der Waals surface area contributed by atoms with Crippen LogP contribution in [-0.2, 0) is 11.2 Å². The summed E-state index contributed by atoms with van der Waals surface area (Å²) in [5, 5.41) is 15.7. The van der Waals surface area contributed by atoms with Gasteiger partial charge in [0, 0.05) is 46.9 Å². The van der Waals surface area contributed by atoms with Crippen molar-refractivity contribution in [2.45, 2.75) is 59.5 Å². The molecule has 0 spiro atoms. The molecule has 192 valence electrons. The van der Waals surface area contributed by atoms with Crippen molar-refractivity contribution < 1.29 is 14.6 Å². The smallest absolute Gasteiger partial charge is 0.229 e. The van der Waals surface area contributed by atoms with Gasteiger partial charge in [-0.05, 0) is 48.7 Å². The Bertz CT molecular complexity index is 1020. The van der Waals surface area contributed by atoms with Crippen molar-refractivity contribution in [2.75, 3.05) is 31.6 Å². The molecule has 1 fully saturated rings. The van der Waals surface area contributed by atoms with E-state index < -0.39 is 11.0 Å². The summed E-state index contributed by atoms with van der Waals surface area (Å²) in [4.78, 5) is 14.8. The number of carbonyl (C=O) groups is 1. The Hall–Kier alpha value is -1.79. The predicted molar refractivity (Wildman–Crippen MR) is 145 cm³/mol. The van der Waals surface area contributed by atoms with Gasteiger partial charge in [0.2, 0.25) is 5.91 Å². The Labute approximate surface area is 219 Å². The van der Waals surface area contributed by atoms with Crippen molar-refractivity contribution in [3.63, 3.8) is 0 Å². The largest absolute Gasteiger partial charge is 0.491 e. The minimum absolute atomic E-state index is 0.0914. The zero-order valence-corrected chi connectivity index (χ0v) is 23.0. The Kier molecular flexibility index (Phi) is 8.80. The monoisotopic (exact) mass is 520 g/mol. The van der Waals surface area contributed by atoms with E-state index in [0.29, 0.717) is 40.9 Å². The third-order valence-electron chi connectivity index (χ3n) is 6.88. The predicted octanol–water partition coefficient (Wildman–Crippen LogP) is 6.45. The molecule has 0 bridgehead atoms. The van der Waals surface area contributed by atoms with Gasteiger partial charge in [-0.3, -0.25) is 4.79 Å². The minimum atomic E-state index is -0.767. The van der Waals surface area contributed by atoms with Crippen LogP contribution in [0, 0.1) is 10.8 Å². The van der Waals surface area contributed by atoms with E-state index in [0.717, 1.165) is 31.6 Å². The molecule has 2 aromatic carbocycles. The minimum Gasteiger partial charge on any atom is -0.491 e. The van der Waals surface area contributed by atoms with Crippen LogP contribution in [0.15, 0.2) is 42.5 Å². The number of rotatable bonds is 8. The van der Waals surface area contributed by atoms with E-state index in [-0.39, 0.29) is 11.3 Å². The van der Waals surface area contributed by atoms with Gasteiger partial charge < -0.3 is 20.1 Å². The lowest BCUT2D eigenvalue weighted by molar-refractivity contribution is -0.123. The maximum atomic E-state index is 12.4. The number of halogens is 2. The van der Waals surface area contributed by atoms with Gasteiger partial charge in [-0.2, -0.15) is 0 Å². The normalized spacial score (nSPS) is 20.5. The number of aliphatic hydroxyl groups is 1. The van der Waals surface area contributed by atoms with Gasteiger partial charge in [0.15, 0.2) is 0 Å². The molecule has 2 aromatic rings. The molecule has 35 heavy (non-hydrogen) atoms. The van der Waals surface area contributed by atoms with Gasteiger partial charge in [0.05, 0.1) is 17.9 Å². The number of nitrogens with one attached hydrogen (secondary N) is 1. The van der Waals surface area contributed by atoms with Crippen LogP contribution in [-0.4, -0.2) is 47.8 Å². The van der Waals surface area contributed by atoms with Crippen LogP contribution < -0.4 is 10.1 Å². The fourth-order valence-corrected chi connectivity index (χ4v) is 4.73. The number of anilines is 1. The third kappa shape index (κ3) is 7.36. The Morgan fingerprint density at radius 1 is 1.11 bits per heavy atom. The molecule has 0 aromatic heterocycles. The summed E-state index contributed by atoms with van der Waals surface area (Å²) in [6, 6.07) is 13.0. The van der Waals surface area contributed by atoms with Gasteiger partial charge in [0.25, 0.3) is 0 Å². The Morgan fingerprint density at radius 2 is 1.77 bits per heavy atom. The fourth-order valence-electron chi connectivity index (χ4n) is 4.43. The molecule has 3 rings (SSSR count). The molecule has 1 heterocycles. The van der Waals surface area contributed by atoms with Gasteiger partial charge >= 0.3 is 0 Å². The first-order valence-electron chi connectivity index (χ1n) is 12.2. The van der Waals surface area contributed by atoms with Crippen LogP contribution in [0.5, 0.6) is 5.75 Å². The maximum Gasteiger partial charge on any atom is 0.229 e. The number of carbonyl (C=O) groups excluding carboxylic acids is 1. The van der Waals surface area contributed by atoms with Crippen LogP contribution in [0.25, 0.3) is 0 Å². The zero-order valence-electron chi connectivity index (χ0n) is 21.5. The quantitative estimate of drug-likeness (QED) is 0.392. The molecule has 1 aliphatic rings. The van der Waals surface area contributed by atoms with Gasteiger partial charge in [-0.15, -0.1) is 0 Å². The summed E-state index contributed by atoms with van der Waals surface area (Å²) in [5.41, 5.74) is 0.146. The molecular formula is C28H38Cl2N2O3. The molecule has 5 nitrogen and oxygen atoms in total. The third-order valence-corrected chi connectivity index (χ3v) is 7.36. The molecule has 1 saturated heterocycles. The topological polar surface area (TPSA) is 61.8 Å². The number of likely N-dealkylation sites (tertiary alicyclic amines) is 1. The van der Waals surface area contributed by atoms with Crippen molar-refractivity contribution in [3.8, 4) is 5.75 Å². The second-order valence-electron chi connectivity index (χ2n) is 11.3. The molecule has 2 N–H and O–H groups in total. The highest BCUT2D eigenvalue weighted by Gasteiger charge is 2.47. The average molecular weight is 522 g/mol. The summed E-state index contributed by atoms with van der Waals surface area (Å²) in [6.45, 7) is 12.9. The lowest BCUT2D eigenvalue weighted by Gasteiger charge is -2.50. The van der Waals surface area contributed by atoms with E-state index in [2.05, 4.69) is 24.1 Å². The van der Waals surface area contributed by atoms with E-state index in [1.165, 1.54) is 0 Å². The number of ether oxygens (including phenoxy) is 1. The first-order chi connectivity index (χ1) is 16.3. The molecule has 7 heteroatoms. The second kappa shape index (κ2) is 11.1. The number of piperidine rings is 1. The molecular weight excluding hydrogens is 483 g/mol. The van der Waals surface area contributed by atoms with Gasteiger partial charge in [0.1, 0.15) is 5.75 Å². The summed E-state index contributed by atoms with van der Waals surface area (Å²) in [7, 11) is 0. The Balaban J connectivity index is 1.52.